The lowest BCUT2D eigenvalue weighted by Gasteiger charge is -2.30. The van der Waals surface area contributed by atoms with Crippen molar-refractivity contribution >= 4 is 41.5 Å². The summed E-state index contributed by atoms with van der Waals surface area (Å²) in [7, 11) is 0. The van der Waals surface area contributed by atoms with Crippen molar-refractivity contribution in [3.05, 3.63) is 29.0 Å². The van der Waals surface area contributed by atoms with E-state index in [2.05, 4.69) is 60.1 Å². The summed E-state index contributed by atoms with van der Waals surface area (Å²) in [6.07, 6.45) is 1.76. The van der Waals surface area contributed by atoms with Gasteiger partial charge >= 0.3 is 0 Å². The molecule has 5 nitrogen and oxygen atoms in total. The maximum atomic E-state index is 5.80. The first kappa shape index (κ1) is 23.4. The van der Waals surface area contributed by atoms with Crippen LogP contribution < -0.4 is 10.6 Å². The third-order valence-electron chi connectivity index (χ3n) is 3.54. The van der Waals surface area contributed by atoms with E-state index in [1.807, 2.05) is 6.07 Å². The van der Waals surface area contributed by atoms with Crippen molar-refractivity contribution in [2.45, 2.75) is 53.2 Å². The van der Waals surface area contributed by atoms with E-state index >= 15 is 0 Å². The third-order valence-corrected chi connectivity index (χ3v) is 3.77. The Morgan fingerprint density at radius 2 is 1.88 bits per heavy atom. The van der Waals surface area contributed by atoms with Gasteiger partial charge in [-0.05, 0) is 46.2 Å². The van der Waals surface area contributed by atoms with Gasteiger partial charge in [0, 0.05) is 37.9 Å². The van der Waals surface area contributed by atoms with E-state index in [0.717, 1.165) is 31.2 Å². The van der Waals surface area contributed by atoms with Gasteiger partial charge in [0.1, 0.15) is 5.15 Å². The molecule has 1 rings (SSSR count). The normalized spacial score (nSPS) is 11.8. The summed E-state index contributed by atoms with van der Waals surface area (Å²) in [5.41, 5.74) is 1.04. The summed E-state index contributed by atoms with van der Waals surface area (Å²) in [4.78, 5) is 11.1. The summed E-state index contributed by atoms with van der Waals surface area (Å²) in [5.74, 6) is 0.829. The van der Waals surface area contributed by atoms with Crippen LogP contribution in [-0.4, -0.2) is 47.6 Å². The predicted molar refractivity (Wildman–Crippen MR) is 114 cm³/mol. The molecule has 0 bridgehead atoms. The molecule has 1 aromatic heterocycles. The van der Waals surface area contributed by atoms with Gasteiger partial charge in [-0.15, -0.1) is 24.0 Å². The van der Waals surface area contributed by atoms with Gasteiger partial charge in [-0.25, -0.2) is 9.98 Å². The number of rotatable bonds is 8. The zero-order chi connectivity index (χ0) is 17.2. The fourth-order valence-electron chi connectivity index (χ4n) is 2.43. The highest BCUT2D eigenvalue weighted by atomic mass is 127. The van der Waals surface area contributed by atoms with Gasteiger partial charge in [0.15, 0.2) is 5.96 Å². The fourth-order valence-corrected chi connectivity index (χ4v) is 2.54. The van der Waals surface area contributed by atoms with Crippen LogP contribution in [0.25, 0.3) is 0 Å². The van der Waals surface area contributed by atoms with Gasteiger partial charge < -0.3 is 10.6 Å². The second-order valence-electron chi connectivity index (χ2n) is 6.04. The van der Waals surface area contributed by atoms with Crippen molar-refractivity contribution in [1.82, 2.24) is 20.5 Å². The van der Waals surface area contributed by atoms with Gasteiger partial charge in [-0.3, -0.25) is 4.90 Å². The zero-order valence-corrected chi connectivity index (χ0v) is 18.4. The van der Waals surface area contributed by atoms with Crippen LogP contribution in [0.15, 0.2) is 23.3 Å². The summed E-state index contributed by atoms with van der Waals surface area (Å²) in [6.45, 7) is 14.2. The SMILES string of the molecule is CCNC(=NCc1ccc(Cl)nc1)NCCN(C(C)C)C(C)C.I. The molecule has 2 N–H and O–H groups in total. The number of nitrogens with one attached hydrogen (secondary N) is 2. The van der Waals surface area contributed by atoms with E-state index in [1.54, 1.807) is 12.3 Å². The molecule has 0 unspecified atom stereocenters. The number of halogens is 2. The number of aromatic nitrogens is 1. The van der Waals surface area contributed by atoms with E-state index in [4.69, 9.17) is 11.6 Å². The van der Waals surface area contributed by atoms with Gasteiger partial charge in [0.05, 0.1) is 6.54 Å². The number of hydrogen-bond donors (Lipinski definition) is 2. The Labute approximate surface area is 168 Å². The van der Waals surface area contributed by atoms with Crippen LogP contribution in [0.1, 0.15) is 40.2 Å². The van der Waals surface area contributed by atoms with Crippen molar-refractivity contribution in [2.24, 2.45) is 4.99 Å². The Balaban J connectivity index is 0.00000529. The second-order valence-corrected chi connectivity index (χ2v) is 6.42. The van der Waals surface area contributed by atoms with Crippen molar-refractivity contribution < 1.29 is 0 Å². The molecule has 0 fully saturated rings. The van der Waals surface area contributed by atoms with E-state index < -0.39 is 0 Å². The first-order valence-electron chi connectivity index (χ1n) is 8.32. The Morgan fingerprint density at radius 1 is 1.21 bits per heavy atom. The van der Waals surface area contributed by atoms with E-state index in [-0.39, 0.29) is 24.0 Å². The molecule has 24 heavy (non-hydrogen) atoms. The average molecular weight is 468 g/mol. The minimum absolute atomic E-state index is 0. The second kappa shape index (κ2) is 12.7. The molecular weight excluding hydrogens is 437 g/mol. The molecule has 0 aliphatic carbocycles. The molecule has 0 aliphatic heterocycles. The Hall–Kier alpha value is -0.600. The van der Waals surface area contributed by atoms with E-state index in [0.29, 0.717) is 23.8 Å². The molecular formula is C17H31ClIN5. The molecule has 1 aromatic rings. The smallest absolute Gasteiger partial charge is 0.191 e. The molecule has 0 saturated heterocycles. The summed E-state index contributed by atoms with van der Waals surface area (Å²) in [5, 5.41) is 7.17. The summed E-state index contributed by atoms with van der Waals surface area (Å²) >= 11 is 5.80. The number of aliphatic imine (C=N–C) groups is 1. The minimum Gasteiger partial charge on any atom is -0.357 e. The van der Waals surface area contributed by atoms with E-state index in [1.165, 1.54) is 0 Å². The highest BCUT2D eigenvalue weighted by Gasteiger charge is 2.12. The van der Waals surface area contributed by atoms with Crippen molar-refractivity contribution in [3.63, 3.8) is 0 Å². The minimum atomic E-state index is 0. The van der Waals surface area contributed by atoms with Gasteiger partial charge in [-0.2, -0.15) is 0 Å². The van der Waals surface area contributed by atoms with Crippen LogP contribution in [0.2, 0.25) is 5.15 Å². The molecule has 0 atom stereocenters. The maximum Gasteiger partial charge on any atom is 0.191 e. The van der Waals surface area contributed by atoms with Gasteiger partial charge in [0.2, 0.25) is 0 Å². The summed E-state index contributed by atoms with van der Waals surface area (Å²) in [6, 6.07) is 4.81. The molecule has 0 amide bonds. The average Bonchev–Trinajstić information content (AvgIpc) is 2.49. The molecule has 0 saturated carbocycles. The Kier molecular flexibility index (Phi) is 12.4. The first-order chi connectivity index (χ1) is 10.9. The molecule has 7 heteroatoms. The van der Waals surface area contributed by atoms with Crippen LogP contribution in [0.4, 0.5) is 0 Å². The first-order valence-corrected chi connectivity index (χ1v) is 8.70. The summed E-state index contributed by atoms with van der Waals surface area (Å²) < 4.78 is 0. The highest BCUT2D eigenvalue weighted by Crippen LogP contribution is 2.06. The lowest BCUT2D eigenvalue weighted by molar-refractivity contribution is 0.178. The largest absolute Gasteiger partial charge is 0.357 e. The van der Waals surface area contributed by atoms with Crippen LogP contribution in [-0.2, 0) is 6.54 Å². The highest BCUT2D eigenvalue weighted by molar-refractivity contribution is 14.0. The molecule has 0 aromatic carbocycles. The number of pyridine rings is 1. The van der Waals surface area contributed by atoms with Crippen LogP contribution in [0.3, 0.4) is 0 Å². The topological polar surface area (TPSA) is 52.6 Å². The van der Waals surface area contributed by atoms with Crippen molar-refractivity contribution in [2.75, 3.05) is 19.6 Å². The fraction of sp³-hybridized carbons (Fsp3) is 0.647. The van der Waals surface area contributed by atoms with Crippen LogP contribution >= 0.6 is 35.6 Å². The van der Waals surface area contributed by atoms with Gasteiger partial charge in [0.25, 0.3) is 0 Å². The van der Waals surface area contributed by atoms with Gasteiger partial charge in [-0.1, -0.05) is 17.7 Å². The zero-order valence-electron chi connectivity index (χ0n) is 15.3. The van der Waals surface area contributed by atoms with Crippen molar-refractivity contribution in [1.29, 1.82) is 0 Å². The third kappa shape index (κ3) is 9.03. The van der Waals surface area contributed by atoms with Crippen molar-refractivity contribution in [3.8, 4) is 0 Å². The molecule has 0 aliphatic rings. The molecule has 0 radical (unpaired) electrons. The quantitative estimate of drug-likeness (QED) is 0.266. The Morgan fingerprint density at radius 3 is 2.38 bits per heavy atom. The number of hydrogen-bond acceptors (Lipinski definition) is 3. The predicted octanol–water partition coefficient (Wildman–Crippen LogP) is 3.53. The van der Waals surface area contributed by atoms with E-state index in [9.17, 15) is 0 Å². The molecule has 0 spiro atoms. The number of guanidine groups is 1. The lowest BCUT2D eigenvalue weighted by Crippen LogP contribution is -2.45. The monoisotopic (exact) mass is 467 g/mol. The number of nitrogens with zero attached hydrogens (tertiary/aromatic N) is 3. The Bertz CT molecular complexity index is 468. The molecule has 1 heterocycles. The van der Waals surface area contributed by atoms with Crippen LogP contribution in [0.5, 0.6) is 0 Å². The molecule has 138 valence electrons. The lowest BCUT2D eigenvalue weighted by atomic mass is 10.2. The van der Waals surface area contributed by atoms with Crippen LogP contribution in [0, 0.1) is 0 Å². The standard InChI is InChI=1S/C17H30ClN5.HI/c1-6-19-17(20-9-10-23(13(2)3)14(4)5)22-12-15-7-8-16(18)21-11-15;/h7-8,11,13-14H,6,9-10,12H2,1-5H3,(H2,19,20,22);1H. The maximum absolute atomic E-state index is 5.80.